The molecule has 3 N–H and O–H groups in total. The highest BCUT2D eigenvalue weighted by Gasteiger charge is 2.65. The van der Waals surface area contributed by atoms with E-state index in [0.29, 0.717) is 10.4 Å². The Labute approximate surface area is 122 Å². The van der Waals surface area contributed by atoms with Crippen LogP contribution in [0, 0.1) is 12.8 Å². The number of carbonyl (C=O) groups is 2. The molecule has 0 aromatic carbocycles. The van der Waals surface area contributed by atoms with E-state index in [4.69, 9.17) is 0 Å². The van der Waals surface area contributed by atoms with Gasteiger partial charge in [0.1, 0.15) is 5.78 Å². The molecule has 2 amide bonds. The average molecular weight is 322 g/mol. The van der Waals surface area contributed by atoms with Crippen molar-refractivity contribution in [2.24, 2.45) is 5.92 Å². The number of Topliss-reactive ketones (excluding diaryl/α,β-unsaturated/α-hetero) is 1. The third kappa shape index (κ3) is 2.51. The van der Waals surface area contributed by atoms with Crippen LogP contribution in [0.5, 0.6) is 0 Å². The summed E-state index contributed by atoms with van der Waals surface area (Å²) in [5.41, 5.74) is -2.95. The van der Waals surface area contributed by atoms with Crippen LogP contribution >= 0.6 is 11.3 Å². The lowest BCUT2D eigenvalue weighted by atomic mass is 9.81. The molecule has 3 atom stereocenters. The van der Waals surface area contributed by atoms with Crippen molar-refractivity contribution in [3.8, 4) is 0 Å². The Morgan fingerprint density at radius 3 is 2.52 bits per heavy atom. The summed E-state index contributed by atoms with van der Waals surface area (Å²) in [7, 11) is 0. The van der Waals surface area contributed by atoms with E-state index >= 15 is 0 Å². The Morgan fingerprint density at radius 2 is 2.10 bits per heavy atom. The molecule has 1 aliphatic rings. The van der Waals surface area contributed by atoms with Gasteiger partial charge in [-0.3, -0.25) is 4.79 Å². The number of aryl methyl sites for hydroxylation is 1. The zero-order chi connectivity index (χ0) is 16.0. The lowest BCUT2D eigenvalue weighted by Crippen LogP contribution is -2.72. The van der Waals surface area contributed by atoms with Crippen LogP contribution in [0.2, 0.25) is 0 Å². The number of halogens is 3. The largest absolute Gasteiger partial charge is 0.437 e. The van der Waals surface area contributed by atoms with Gasteiger partial charge in [0.25, 0.3) is 0 Å². The van der Waals surface area contributed by atoms with Crippen molar-refractivity contribution in [2.75, 3.05) is 0 Å². The standard InChI is InChI=1S/C12H13F3N2O3S/c1-5-3-4-21-9(5)8-7(6(2)18)11(20,12(13,14)15)17-10(19)16-8/h3-4,7-8,20H,1-2H3,(H2,16,17,19)/t7-,8+,11-/m0/s1. The summed E-state index contributed by atoms with van der Waals surface area (Å²) in [6, 6.07) is -0.745. The second-order valence-electron chi connectivity index (χ2n) is 4.90. The van der Waals surface area contributed by atoms with E-state index in [1.54, 1.807) is 18.4 Å². The molecule has 1 aliphatic heterocycles. The van der Waals surface area contributed by atoms with Crippen molar-refractivity contribution >= 4 is 23.2 Å². The predicted molar refractivity (Wildman–Crippen MR) is 68.6 cm³/mol. The second-order valence-corrected chi connectivity index (χ2v) is 5.84. The summed E-state index contributed by atoms with van der Waals surface area (Å²) in [5.74, 6) is -2.74. The minimum absolute atomic E-state index is 0.410. The number of urea groups is 1. The number of aliphatic hydroxyl groups is 1. The minimum Gasteiger partial charge on any atom is -0.363 e. The molecule has 5 nitrogen and oxygen atoms in total. The zero-order valence-electron chi connectivity index (χ0n) is 11.1. The van der Waals surface area contributed by atoms with Crippen LogP contribution in [-0.4, -0.2) is 28.8 Å². The monoisotopic (exact) mass is 322 g/mol. The Morgan fingerprint density at radius 1 is 1.48 bits per heavy atom. The molecule has 0 unspecified atom stereocenters. The second kappa shape index (κ2) is 4.99. The molecule has 1 saturated heterocycles. The van der Waals surface area contributed by atoms with E-state index < -0.39 is 35.7 Å². The topological polar surface area (TPSA) is 78.4 Å². The maximum atomic E-state index is 13.2. The first-order valence-corrected chi connectivity index (χ1v) is 6.88. The fourth-order valence-corrected chi connectivity index (χ4v) is 3.46. The maximum absolute atomic E-state index is 13.2. The molecule has 0 radical (unpaired) electrons. The minimum atomic E-state index is -5.18. The number of rotatable bonds is 2. The normalized spacial score (nSPS) is 29.7. The van der Waals surface area contributed by atoms with E-state index in [-0.39, 0.29) is 0 Å². The van der Waals surface area contributed by atoms with Gasteiger partial charge in [-0.05, 0) is 30.9 Å². The summed E-state index contributed by atoms with van der Waals surface area (Å²) < 4.78 is 39.6. The highest BCUT2D eigenvalue weighted by Crippen LogP contribution is 2.44. The summed E-state index contributed by atoms with van der Waals surface area (Å²) in [4.78, 5) is 23.7. The molecular formula is C12H13F3N2O3S. The predicted octanol–water partition coefficient (Wildman–Crippen LogP) is 1.87. The van der Waals surface area contributed by atoms with Gasteiger partial charge in [-0.25, -0.2) is 4.79 Å². The Bertz CT molecular complexity index is 587. The molecule has 9 heteroatoms. The molecule has 0 spiro atoms. The van der Waals surface area contributed by atoms with Crippen molar-refractivity contribution in [3.63, 3.8) is 0 Å². The van der Waals surface area contributed by atoms with Gasteiger partial charge in [-0.15, -0.1) is 11.3 Å². The first kappa shape index (κ1) is 15.8. The molecule has 2 heterocycles. The van der Waals surface area contributed by atoms with E-state index in [2.05, 4.69) is 5.32 Å². The Balaban J connectivity index is 2.57. The Hall–Kier alpha value is -1.61. The van der Waals surface area contributed by atoms with Gasteiger partial charge in [0.05, 0.1) is 12.0 Å². The maximum Gasteiger partial charge on any atom is 0.437 e. The molecule has 0 bridgehead atoms. The number of hydrogen-bond acceptors (Lipinski definition) is 4. The van der Waals surface area contributed by atoms with Gasteiger partial charge in [0.15, 0.2) is 0 Å². The van der Waals surface area contributed by atoms with E-state index in [0.717, 1.165) is 18.3 Å². The van der Waals surface area contributed by atoms with Crippen LogP contribution < -0.4 is 10.6 Å². The van der Waals surface area contributed by atoms with Gasteiger partial charge in [0, 0.05) is 4.88 Å². The number of nitrogens with one attached hydrogen (secondary N) is 2. The average Bonchev–Trinajstić information content (AvgIpc) is 2.72. The van der Waals surface area contributed by atoms with Crippen LogP contribution in [0.25, 0.3) is 0 Å². The van der Waals surface area contributed by atoms with Gasteiger partial charge in [-0.2, -0.15) is 13.2 Å². The summed E-state index contributed by atoms with van der Waals surface area (Å²) >= 11 is 1.12. The van der Waals surface area contributed by atoms with Gasteiger partial charge >= 0.3 is 12.2 Å². The lowest BCUT2D eigenvalue weighted by molar-refractivity contribution is -0.290. The number of hydrogen-bond donors (Lipinski definition) is 3. The highest BCUT2D eigenvalue weighted by molar-refractivity contribution is 7.10. The molecule has 0 aliphatic carbocycles. The number of amides is 2. The number of alkyl halides is 3. The van der Waals surface area contributed by atoms with Crippen LogP contribution in [0.15, 0.2) is 11.4 Å². The highest BCUT2D eigenvalue weighted by atomic mass is 32.1. The summed E-state index contributed by atoms with van der Waals surface area (Å²) in [6.45, 7) is 2.61. The quantitative estimate of drug-likeness (QED) is 0.778. The summed E-state index contributed by atoms with van der Waals surface area (Å²) in [6.07, 6.45) is -5.18. The van der Waals surface area contributed by atoms with Crippen LogP contribution in [0.1, 0.15) is 23.4 Å². The molecule has 0 saturated carbocycles. The lowest BCUT2D eigenvalue weighted by Gasteiger charge is -2.44. The molecule has 21 heavy (non-hydrogen) atoms. The van der Waals surface area contributed by atoms with Crippen LogP contribution in [0.4, 0.5) is 18.0 Å². The third-order valence-electron chi connectivity index (χ3n) is 3.43. The first-order chi connectivity index (χ1) is 9.58. The fraction of sp³-hybridized carbons (Fsp3) is 0.500. The van der Waals surface area contributed by atoms with Gasteiger partial charge in [-0.1, -0.05) is 0 Å². The van der Waals surface area contributed by atoms with Crippen molar-refractivity contribution in [1.29, 1.82) is 0 Å². The molecular weight excluding hydrogens is 309 g/mol. The first-order valence-electron chi connectivity index (χ1n) is 6.00. The van der Waals surface area contributed by atoms with E-state index in [1.807, 2.05) is 0 Å². The number of carbonyl (C=O) groups excluding carboxylic acids is 2. The number of thiophene rings is 1. The number of ketones is 1. The fourth-order valence-electron chi connectivity index (χ4n) is 2.45. The molecule has 1 aromatic rings. The summed E-state index contributed by atoms with van der Waals surface area (Å²) in [5, 5.41) is 15.3. The molecule has 116 valence electrons. The van der Waals surface area contributed by atoms with E-state index in [1.165, 1.54) is 5.32 Å². The molecule has 1 aromatic heterocycles. The van der Waals surface area contributed by atoms with E-state index in [9.17, 15) is 27.9 Å². The van der Waals surface area contributed by atoms with Crippen molar-refractivity contribution in [1.82, 2.24) is 10.6 Å². The molecule has 1 fully saturated rings. The van der Waals surface area contributed by atoms with Gasteiger partial charge in [0.2, 0.25) is 5.72 Å². The van der Waals surface area contributed by atoms with Crippen molar-refractivity contribution in [3.05, 3.63) is 21.9 Å². The van der Waals surface area contributed by atoms with Crippen LogP contribution in [0.3, 0.4) is 0 Å². The zero-order valence-corrected chi connectivity index (χ0v) is 11.9. The van der Waals surface area contributed by atoms with Crippen LogP contribution in [-0.2, 0) is 4.79 Å². The SMILES string of the molecule is CC(=O)[C@H]1[C@H](c2sccc2C)NC(=O)N[C@@]1(O)C(F)(F)F. The Kier molecular flexibility index (Phi) is 3.75. The smallest absolute Gasteiger partial charge is 0.363 e. The van der Waals surface area contributed by atoms with Gasteiger partial charge < -0.3 is 15.7 Å². The van der Waals surface area contributed by atoms with Crippen molar-refractivity contribution in [2.45, 2.75) is 31.8 Å². The molecule has 2 rings (SSSR count). The van der Waals surface area contributed by atoms with Crippen molar-refractivity contribution < 1.29 is 27.9 Å². The third-order valence-corrected chi connectivity index (χ3v) is 4.53.